The lowest BCUT2D eigenvalue weighted by atomic mass is 9.99. The third-order valence-electron chi connectivity index (χ3n) is 4.91. The predicted molar refractivity (Wildman–Crippen MR) is 91.9 cm³/mol. The number of carbonyl (C=O) groups excluding carboxylic acids is 1. The molecule has 4 heteroatoms. The van der Waals surface area contributed by atoms with E-state index in [1.54, 1.807) is 12.1 Å². The van der Waals surface area contributed by atoms with Gasteiger partial charge in [0.05, 0.1) is 24.9 Å². The summed E-state index contributed by atoms with van der Waals surface area (Å²) in [6.45, 7) is 6.98. The van der Waals surface area contributed by atoms with E-state index in [1.165, 1.54) is 0 Å². The molecule has 124 valence electrons. The highest BCUT2D eigenvalue weighted by Crippen LogP contribution is 2.33. The summed E-state index contributed by atoms with van der Waals surface area (Å²) in [5.41, 5.74) is 1.56. The molecule has 0 saturated carbocycles. The van der Waals surface area contributed by atoms with Gasteiger partial charge in [-0.15, -0.1) is 0 Å². The van der Waals surface area contributed by atoms with Crippen LogP contribution in [0.15, 0.2) is 43.0 Å². The summed E-state index contributed by atoms with van der Waals surface area (Å²) < 4.78 is 17.2. The Labute approximate surface area is 141 Å². The Hall–Kier alpha value is -2.17. The lowest BCUT2D eigenvalue weighted by Crippen LogP contribution is -2.32. The Morgan fingerprint density at radius 3 is 2.67 bits per heavy atom. The molecule has 0 N–H and O–H groups in total. The van der Waals surface area contributed by atoms with Crippen LogP contribution in [0.1, 0.15) is 22.8 Å². The Balaban J connectivity index is 1.62. The van der Waals surface area contributed by atoms with E-state index in [0.29, 0.717) is 24.7 Å². The predicted octanol–water partition coefficient (Wildman–Crippen LogP) is 3.44. The van der Waals surface area contributed by atoms with Crippen LogP contribution in [0, 0.1) is 5.92 Å². The van der Waals surface area contributed by atoms with E-state index in [2.05, 4.69) is 13.5 Å². The summed E-state index contributed by atoms with van der Waals surface area (Å²) in [5.74, 6) is 0.00521. The van der Waals surface area contributed by atoms with Crippen molar-refractivity contribution in [1.82, 2.24) is 0 Å². The number of carbonyl (C=O) groups is 1. The number of hydrogen-bond acceptors (Lipinski definition) is 4. The van der Waals surface area contributed by atoms with Gasteiger partial charge in [-0.1, -0.05) is 49.9 Å². The fraction of sp³-hybridized carbons (Fsp3) is 0.350. The minimum Gasteiger partial charge on any atom is -0.453 e. The van der Waals surface area contributed by atoms with Gasteiger partial charge in [0.15, 0.2) is 6.10 Å². The van der Waals surface area contributed by atoms with Crippen molar-refractivity contribution >= 4 is 22.8 Å². The molecule has 24 heavy (non-hydrogen) atoms. The van der Waals surface area contributed by atoms with Crippen LogP contribution in [0.4, 0.5) is 0 Å². The van der Waals surface area contributed by atoms with Crippen LogP contribution >= 0.6 is 0 Å². The lowest BCUT2D eigenvalue weighted by molar-refractivity contribution is -0.0156. The minimum absolute atomic E-state index is 0.0303. The van der Waals surface area contributed by atoms with Crippen LogP contribution in [0.25, 0.3) is 16.8 Å². The van der Waals surface area contributed by atoms with Crippen LogP contribution in [-0.4, -0.2) is 37.5 Å². The third-order valence-corrected chi connectivity index (χ3v) is 4.91. The molecule has 4 atom stereocenters. The molecule has 0 aromatic heterocycles. The normalized spacial score (nSPS) is 28.7. The van der Waals surface area contributed by atoms with Crippen LogP contribution < -0.4 is 0 Å². The first-order valence-electron chi connectivity index (χ1n) is 8.27. The van der Waals surface area contributed by atoms with Crippen molar-refractivity contribution in [3.05, 3.63) is 54.1 Å². The summed E-state index contributed by atoms with van der Waals surface area (Å²) in [6, 6.07) is 11.5. The molecule has 4 unspecified atom stereocenters. The number of esters is 1. The molecule has 2 saturated heterocycles. The molecule has 2 heterocycles. The second-order valence-corrected chi connectivity index (χ2v) is 6.47. The maximum absolute atomic E-state index is 12.7. The monoisotopic (exact) mass is 324 g/mol. The number of hydrogen-bond donors (Lipinski definition) is 0. The van der Waals surface area contributed by atoms with Gasteiger partial charge >= 0.3 is 5.97 Å². The SMILES string of the molecule is C=Cc1ccc(C(=O)OC2COC3C(C)COC23)c2ccccc12. The zero-order chi connectivity index (χ0) is 16.7. The molecule has 0 bridgehead atoms. The second kappa shape index (κ2) is 6.04. The van der Waals surface area contributed by atoms with Gasteiger partial charge in [0.25, 0.3) is 0 Å². The molecule has 0 spiro atoms. The van der Waals surface area contributed by atoms with Gasteiger partial charge < -0.3 is 14.2 Å². The van der Waals surface area contributed by atoms with E-state index in [1.807, 2.05) is 30.3 Å². The molecular weight excluding hydrogens is 304 g/mol. The van der Waals surface area contributed by atoms with Gasteiger partial charge in [-0.25, -0.2) is 4.79 Å². The molecule has 2 aromatic carbocycles. The molecule has 0 radical (unpaired) electrons. The largest absolute Gasteiger partial charge is 0.453 e. The van der Waals surface area contributed by atoms with Crippen LogP contribution in [0.2, 0.25) is 0 Å². The van der Waals surface area contributed by atoms with Gasteiger partial charge in [0, 0.05) is 5.92 Å². The zero-order valence-electron chi connectivity index (χ0n) is 13.6. The number of rotatable bonds is 3. The van der Waals surface area contributed by atoms with E-state index in [0.717, 1.165) is 16.3 Å². The topological polar surface area (TPSA) is 44.8 Å². The first kappa shape index (κ1) is 15.4. The van der Waals surface area contributed by atoms with E-state index < -0.39 is 0 Å². The average Bonchev–Trinajstić information content (AvgIpc) is 3.17. The minimum atomic E-state index is -0.342. The van der Waals surface area contributed by atoms with E-state index in [4.69, 9.17) is 14.2 Å². The van der Waals surface area contributed by atoms with Crippen molar-refractivity contribution < 1.29 is 19.0 Å². The van der Waals surface area contributed by atoms with Gasteiger partial charge in [-0.3, -0.25) is 0 Å². The highest BCUT2D eigenvalue weighted by atomic mass is 16.6. The molecule has 2 fully saturated rings. The molecule has 0 amide bonds. The fourth-order valence-corrected chi connectivity index (χ4v) is 3.64. The number of benzene rings is 2. The standard InChI is InChI=1S/C20H20O4/c1-3-13-8-9-16(15-7-5-4-6-14(13)15)20(21)24-17-11-23-18-12(2)10-22-19(17)18/h3-9,12,17-19H,1,10-11H2,2H3. The first-order valence-corrected chi connectivity index (χ1v) is 8.27. The average molecular weight is 324 g/mol. The summed E-state index contributed by atoms with van der Waals surface area (Å²) in [4.78, 5) is 12.7. The molecule has 0 aliphatic carbocycles. The zero-order valence-corrected chi connectivity index (χ0v) is 13.6. The Morgan fingerprint density at radius 1 is 1.12 bits per heavy atom. The molecule has 2 aromatic rings. The van der Waals surface area contributed by atoms with Gasteiger partial charge in [-0.05, 0) is 22.4 Å². The number of ether oxygens (including phenoxy) is 3. The van der Waals surface area contributed by atoms with E-state index in [9.17, 15) is 4.79 Å². The van der Waals surface area contributed by atoms with Gasteiger partial charge in [0.1, 0.15) is 6.10 Å². The lowest BCUT2D eigenvalue weighted by Gasteiger charge is -2.17. The Morgan fingerprint density at radius 2 is 1.88 bits per heavy atom. The summed E-state index contributed by atoms with van der Waals surface area (Å²) >= 11 is 0. The van der Waals surface area contributed by atoms with Crippen molar-refractivity contribution in [2.24, 2.45) is 5.92 Å². The maximum atomic E-state index is 12.7. The van der Waals surface area contributed by atoms with Gasteiger partial charge in [0.2, 0.25) is 0 Å². The van der Waals surface area contributed by atoms with E-state index in [-0.39, 0.29) is 24.3 Å². The number of fused-ring (bicyclic) bond motifs is 2. The van der Waals surface area contributed by atoms with Crippen molar-refractivity contribution in [3.8, 4) is 0 Å². The summed E-state index contributed by atoms with van der Waals surface area (Å²) in [6.07, 6.45) is 1.33. The maximum Gasteiger partial charge on any atom is 0.339 e. The van der Waals surface area contributed by atoms with Crippen molar-refractivity contribution in [2.75, 3.05) is 13.2 Å². The molecule has 4 nitrogen and oxygen atoms in total. The van der Waals surface area contributed by atoms with Crippen molar-refractivity contribution in [2.45, 2.75) is 25.2 Å². The Kier molecular flexibility index (Phi) is 3.87. The molecule has 2 aliphatic rings. The smallest absolute Gasteiger partial charge is 0.339 e. The van der Waals surface area contributed by atoms with E-state index >= 15 is 0 Å². The molecule has 4 rings (SSSR count). The first-order chi connectivity index (χ1) is 11.7. The highest BCUT2D eigenvalue weighted by molar-refractivity contribution is 6.06. The van der Waals surface area contributed by atoms with Crippen LogP contribution in [0.5, 0.6) is 0 Å². The third kappa shape index (κ3) is 2.43. The molecular formula is C20H20O4. The van der Waals surface area contributed by atoms with Crippen LogP contribution in [-0.2, 0) is 14.2 Å². The highest BCUT2D eigenvalue weighted by Gasteiger charge is 2.47. The van der Waals surface area contributed by atoms with Crippen LogP contribution in [0.3, 0.4) is 0 Å². The quantitative estimate of drug-likeness (QED) is 0.811. The Bertz CT molecular complexity index is 797. The fourth-order valence-electron chi connectivity index (χ4n) is 3.64. The second-order valence-electron chi connectivity index (χ2n) is 6.47. The summed E-state index contributed by atoms with van der Waals surface area (Å²) in [5, 5.41) is 1.87. The van der Waals surface area contributed by atoms with Gasteiger partial charge in [-0.2, -0.15) is 0 Å². The van der Waals surface area contributed by atoms with Crippen molar-refractivity contribution in [3.63, 3.8) is 0 Å². The van der Waals surface area contributed by atoms with Crippen molar-refractivity contribution in [1.29, 1.82) is 0 Å². The molecule has 2 aliphatic heterocycles. The summed E-state index contributed by atoms with van der Waals surface area (Å²) in [7, 11) is 0.